The number of carbonyl (C=O) groups is 2. The number of carbonyl (C=O) groups excluding carboxylic acids is 1. The molecular formula is C16H23NO5S. The molecule has 1 aromatic carbocycles. The van der Waals surface area contributed by atoms with Gasteiger partial charge in [0.05, 0.1) is 7.11 Å². The first kappa shape index (κ1) is 19.2. The zero-order chi connectivity index (χ0) is 17.6. The molecule has 0 saturated carbocycles. The van der Waals surface area contributed by atoms with E-state index in [-0.39, 0.29) is 12.3 Å². The van der Waals surface area contributed by atoms with E-state index in [9.17, 15) is 14.7 Å². The van der Waals surface area contributed by atoms with Gasteiger partial charge in [-0.3, -0.25) is 4.90 Å². The van der Waals surface area contributed by atoms with Crippen LogP contribution in [0.5, 0.6) is 5.75 Å². The number of hydrogen-bond acceptors (Lipinski definition) is 5. The second-order valence-electron chi connectivity index (χ2n) is 5.99. The quantitative estimate of drug-likeness (QED) is 0.778. The van der Waals surface area contributed by atoms with E-state index in [0.717, 1.165) is 5.56 Å². The van der Waals surface area contributed by atoms with E-state index in [1.54, 1.807) is 52.1 Å². The molecule has 0 aliphatic rings. The molecule has 0 spiro atoms. The summed E-state index contributed by atoms with van der Waals surface area (Å²) in [4.78, 5) is 25.0. The number of hydrogen-bond donors (Lipinski definition) is 2. The molecule has 0 heterocycles. The Morgan fingerprint density at radius 2 is 1.83 bits per heavy atom. The predicted octanol–water partition coefficient (Wildman–Crippen LogP) is 2.82. The van der Waals surface area contributed by atoms with Gasteiger partial charge in [0.25, 0.3) is 0 Å². The summed E-state index contributed by atoms with van der Waals surface area (Å²) in [5.41, 5.74) is 0.0548. The molecule has 0 aliphatic heterocycles. The largest absolute Gasteiger partial charge is 0.497 e. The Labute approximate surface area is 141 Å². The normalized spacial score (nSPS) is 12.4. The topological polar surface area (TPSA) is 76.1 Å². The van der Waals surface area contributed by atoms with Crippen LogP contribution in [0.4, 0.5) is 4.79 Å². The summed E-state index contributed by atoms with van der Waals surface area (Å²) in [7, 11) is 1.56. The predicted molar refractivity (Wildman–Crippen MR) is 90.0 cm³/mol. The Balaban J connectivity index is 3.02. The third kappa shape index (κ3) is 6.02. The van der Waals surface area contributed by atoms with Gasteiger partial charge in [-0.05, 0) is 38.5 Å². The van der Waals surface area contributed by atoms with Crippen molar-refractivity contribution in [2.45, 2.75) is 39.0 Å². The Hall–Kier alpha value is -1.89. The Kier molecular flexibility index (Phi) is 6.75. The zero-order valence-electron chi connectivity index (χ0n) is 13.8. The molecule has 0 aliphatic carbocycles. The van der Waals surface area contributed by atoms with Crippen LogP contribution in [0.1, 0.15) is 26.3 Å². The number of benzene rings is 1. The lowest BCUT2D eigenvalue weighted by atomic mass is 10.1. The van der Waals surface area contributed by atoms with Crippen LogP contribution in [0.25, 0.3) is 0 Å². The van der Waals surface area contributed by atoms with Gasteiger partial charge >= 0.3 is 12.1 Å². The molecule has 23 heavy (non-hydrogen) atoms. The van der Waals surface area contributed by atoms with Crippen molar-refractivity contribution in [2.75, 3.05) is 12.9 Å². The first-order chi connectivity index (χ1) is 10.7. The first-order valence-corrected chi connectivity index (χ1v) is 7.77. The summed E-state index contributed by atoms with van der Waals surface area (Å²) in [5.74, 6) is -0.453. The highest BCUT2D eigenvalue weighted by Gasteiger charge is 2.32. The average Bonchev–Trinajstić information content (AvgIpc) is 2.45. The van der Waals surface area contributed by atoms with E-state index in [1.807, 2.05) is 0 Å². The molecule has 0 fully saturated rings. The molecule has 128 valence electrons. The number of carboxylic acids is 1. The summed E-state index contributed by atoms with van der Waals surface area (Å²) in [6.07, 6.45) is -0.685. The third-order valence-electron chi connectivity index (χ3n) is 2.97. The summed E-state index contributed by atoms with van der Waals surface area (Å²) < 4.78 is 10.4. The maximum Gasteiger partial charge on any atom is 0.411 e. The number of ether oxygens (including phenoxy) is 2. The van der Waals surface area contributed by atoms with Gasteiger partial charge in [-0.25, -0.2) is 9.59 Å². The van der Waals surface area contributed by atoms with Crippen LogP contribution in [-0.4, -0.2) is 46.6 Å². The lowest BCUT2D eigenvalue weighted by Gasteiger charge is -2.31. The summed E-state index contributed by atoms with van der Waals surface area (Å²) >= 11 is 4.05. The number of aliphatic carboxylic acids is 1. The van der Waals surface area contributed by atoms with Gasteiger partial charge in [-0.15, -0.1) is 0 Å². The number of methoxy groups -OCH3 is 1. The molecule has 0 aromatic heterocycles. The van der Waals surface area contributed by atoms with Crippen molar-refractivity contribution in [3.8, 4) is 5.75 Å². The molecule has 0 bridgehead atoms. The van der Waals surface area contributed by atoms with Crippen molar-refractivity contribution in [1.29, 1.82) is 0 Å². The van der Waals surface area contributed by atoms with Crippen LogP contribution in [0.3, 0.4) is 0 Å². The van der Waals surface area contributed by atoms with E-state index in [1.165, 1.54) is 4.90 Å². The Morgan fingerprint density at radius 1 is 1.26 bits per heavy atom. The van der Waals surface area contributed by atoms with Crippen molar-refractivity contribution >= 4 is 24.7 Å². The zero-order valence-corrected chi connectivity index (χ0v) is 14.7. The molecule has 1 atom stereocenters. The van der Waals surface area contributed by atoms with E-state index in [2.05, 4.69) is 12.6 Å². The minimum Gasteiger partial charge on any atom is -0.497 e. The maximum atomic E-state index is 12.4. The Bertz CT molecular complexity index is 538. The fourth-order valence-corrected chi connectivity index (χ4v) is 2.21. The minimum atomic E-state index is -1.13. The van der Waals surface area contributed by atoms with Crippen LogP contribution in [-0.2, 0) is 16.1 Å². The highest BCUT2D eigenvalue weighted by Crippen LogP contribution is 2.18. The van der Waals surface area contributed by atoms with Crippen LogP contribution >= 0.6 is 12.6 Å². The van der Waals surface area contributed by atoms with Crippen molar-refractivity contribution in [3.63, 3.8) is 0 Å². The first-order valence-electron chi connectivity index (χ1n) is 7.14. The standard InChI is InChI=1S/C16H23NO5S/c1-16(2,3)22-15(20)17(13(10-23)14(18)19)9-11-5-7-12(21-4)8-6-11/h5-8,13,23H,9-10H2,1-4H3,(H,18,19). The number of nitrogens with zero attached hydrogens (tertiary/aromatic N) is 1. The fourth-order valence-electron chi connectivity index (χ4n) is 1.86. The van der Waals surface area contributed by atoms with Crippen LogP contribution in [0.2, 0.25) is 0 Å². The molecule has 1 N–H and O–H groups in total. The van der Waals surface area contributed by atoms with Crippen molar-refractivity contribution in [1.82, 2.24) is 4.90 Å². The van der Waals surface area contributed by atoms with Crippen molar-refractivity contribution in [3.05, 3.63) is 29.8 Å². The number of amides is 1. The molecular weight excluding hydrogens is 318 g/mol. The average molecular weight is 341 g/mol. The lowest BCUT2D eigenvalue weighted by Crippen LogP contribution is -2.47. The number of carboxylic acid groups (broad SMARTS) is 1. The van der Waals surface area contributed by atoms with E-state index in [0.29, 0.717) is 5.75 Å². The van der Waals surface area contributed by atoms with Gasteiger partial charge in [0.2, 0.25) is 0 Å². The van der Waals surface area contributed by atoms with E-state index in [4.69, 9.17) is 9.47 Å². The molecule has 1 unspecified atom stereocenters. The van der Waals surface area contributed by atoms with E-state index < -0.39 is 23.7 Å². The molecule has 1 amide bonds. The lowest BCUT2D eigenvalue weighted by molar-refractivity contribution is -0.142. The second-order valence-corrected chi connectivity index (χ2v) is 6.36. The SMILES string of the molecule is COc1ccc(CN(C(=O)OC(C)(C)C)C(CS)C(=O)O)cc1. The van der Waals surface area contributed by atoms with Gasteiger partial charge < -0.3 is 14.6 Å². The monoisotopic (exact) mass is 341 g/mol. The van der Waals surface area contributed by atoms with Crippen LogP contribution in [0, 0.1) is 0 Å². The van der Waals surface area contributed by atoms with Crippen molar-refractivity contribution < 1.29 is 24.2 Å². The van der Waals surface area contributed by atoms with Crippen LogP contribution in [0.15, 0.2) is 24.3 Å². The molecule has 1 aromatic rings. The Morgan fingerprint density at radius 3 is 2.22 bits per heavy atom. The number of thiol groups is 1. The second kappa shape index (κ2) is 8.10. The summed E-state index contributed by atoms with van der Waals surface area (Å²) in [6, 6.07) is 5.97. The molecule has 0 saturated heterocycles. The maximum absolute atomic E-state index is 12.4. The van der Waals surface area contributed by atoms with Gasteiger partial charge in [0, 0.05) is 12.3 Å². The van der Waals surface area contributed by atoms with Gasteiger partial charge in [-0.1, -0.05) is 12.1 Å². The smallest absolute Gasteiger partial charge is 0.411 e. The molecule has 1 rings (SSSR count). The highest BCUT2D eigenvalue weighted by molar-refractivity contribution is 7.80. The molecule has 6 nitrogen and oxygen atoms in total. The molecule has 0 radical (unpaired) electrons. The van der Waals surface area contributed by atoms with Gasteiger partial charge in [0.1, 0.15) is 17.4 Å². The van der Waals surface area contributed by atoms with Gasteiger partial charge in [-0.2, -0.15) is 12.6 Å². The summed E-state index contributed by atoms with van der Waals surface area (Å²) in [5, 5.41) is 9.33. The van der Waals surface area contributed by atoms with Gasteiger partial charge in [0.15, 0.2) is 0 Å². The fraction of sp³-hybridized carbons (Fsp3) is 0.500. The number of rotatable bonds is 6. The highest BCUT2D eigenvalue weighted by atomic mass is 32.1. The minimum absolute atomic E-state index is 0.00920. The van der Waals surface area contributed by atoms with Crippen molar-refractivity contribution in [2.24, 2.45) is 0 Å². The van der Waals surface area contributed by atoms with E-state index >= 15 is 0 Å². The third-order valence-corrected chi connectivity index (χ3v) is 3.32. The molecule has 7 heteroatoms. The van der Waals surface area contributed by atoms with Crippen LogP contribution < -0.4 is 4.74 Å². The summed E-state index contributed by atoms with van der Waals surface area (Å²) in [6.45, 7) is 5.29.